The first kappa shape index (κ1) is 7.86. The molecule has 2 N–H and O–H groups in total. The third kappa shape index (κ3) is 2.11. The Labute approximate surface area is 66.4 Å². The largest absolute Gasteiger partial charge is 0.549 e. The quantitative estimate of drug-likeness (QED) is 0.413. The maximum Gasteiger partial charge on any atom is 0.209 e. The Morgan fingerprint density at radius 2 is 2.64 bits per heavy atom. The van der Waals surface area contributed by atoms with Gasteiger partial charge in [-0.05, 0) is 0 Å². The molecule has 0 aliphatic heterocycles. The Balaban J connectivity index is 2.51. The summed E-state index contributed by atoms with van der Waals surface area (Å²) in [6, 6.07) is 0. The summed E-state index contributed by atoms with van der Waals surface area (Å²) in [6.07, 6.45) is 1.29. The number of rotatable bonds is 3. The minimum atomic E-state index is -1.15. The van der Waals surface area contributed by atoms with Gasteiger partial charge in [0.25, 0.3) is 0 Å². The molecule has 1 rings (SSSR count). The number of nitrogen functional groups attached to an aromatic ring is 1. The first-order chi connectivity index (χ1) is 5.20. The molecular weight excluding hydrogens is 168 g/mol. The summed E-state index contributed by atoms with van der Waals surface area (Å²) in [4.78, 5) is 9.98. The van der Waals surface area contributed by atoms with E-state index in [4.69, 9.17) is 5.84 Å². The summed E-state index contributed by atoms with van der Waals surface area (Å²) < 4.78 is 1.15. The highest BCUT2D eigenvalue weighted by molar-refractivity contribution is 7.99. The molecule has 0 saturated heterocycles. The summed E-state index contributed by atoms with van der Waals surface area (Å²) >= 11 is 0.964. The Morgan fingerprint density at radius 1 is 1.91 bits per heavy atom. The van der Waals surface area contributed by atoms with E-state index in [0.29, 0.717) is 5.16 Å². The van der Waals surface area contributed by atoms with E-state index in [0.717, 1.165) is 16.4 Å². The first-order valence-electron chi connectivity index (χ1n) is 2.68. The number of aromatic nitrogens is 3. The van der Waals surface area contributed by atoms with E-state index >= 15 is 0 Å². The topological polar surface area (TPSA) is 96.9 Å². The lowest BCUT2D eigenvalue weighted by Gasteiger charge is -1.99. The van der Waals surface area contributed by atoms with Gasteiger partial charge in [-0.25, -0.2) is 4.68 Å². The molecule has 1 aromatic heterocycles. The molecule has 0 atom stereocenters. The van der Waals surface area contributed by atoms with Gasteiger partial charge in [0.05, 0.1) is 5.97 Å². The molecule has 0 amide bonds. The first-order valence-corrected chi connectivity index (χ1v) is 3.66. The molecule has 0 aliphatic rings. The molecule has 7 heteroatoms. The van der Waals surface area contributed by atoms with Gasteiger partial charge in [-0.3, -0.25) is 0 Å². The second kappa shape index (κ2) is 3.24. The maximum absolute atomic E-state index is 9.98. The molecule has 0 saturated carbocycles. The van der Waals surface area contributed by atoms with Crippen molar-refractivity contribution in [3.63, 3.8) is 0 Å². The van der Waals surface area contributed by atoms with E-state index in [9.17, 15) is 9.90 Å². The van der Waals surface area contributed by atoms with E-state index in [1.807, 2.05) is 0 Å². The second-order valence-electron chi connectivity index (χ2n) is 1.68. The number of hydrogen-bond acceptors (Lipinski definition) is 6. The van der Waals surface area contributed by atoms with Crippen molar-refractivity contribution in [3.05, 3.63) is 6.33 Å². The highest BCUT2D eigenvalue weighted by Gasteiger charge is 2.00. The van der Waals surface area contributed by atoms with Crippen molar-refractivity contribution in [1.29, 1.82) is 0 Å². The van der Waals surface area contributed by atoms with E-state index in [1.165, 1.54) is 6.33 Å². The van der Waals surface area contributed by atoms with Crippen LogP contribution in [0.1, 0.15) is 0 Å². The van der Waals surface area contributed by atoms with Crippen LogP contribution in [0.25, 0.3) is 0 Å². The Hall–Kier alpha value is -1.24. The number of thioether (sulfide) groups is 1. The SMILES string of the molecule is Nn1cnnc1SCC(=O)[O-]. The number of carboxylic acids is 1. The summed E-state index contributed by atoms with van der Waals surface area (Å²) in [5.74, 6) is 3.96. The average molecular weight is 173 g/mol. The zero-order valence-corrected chi connectivity index (χ0v) is 6.24. The van der Waals surface area contributed by atoms with Gasteiger partial charge < -0.3 is 15.7 Å². The van der Waals surface area contributed by atoms with Crippen LogP contribution in [-0.2, 0) is 4.79 Å². The summed E-state index contributed by atoms with van der Waals surface area (Å²) in [5, 5.41) is 17.3. The molecule has 6 nitrogen and oxygen atoms in total. The minimum Gasteiger partial charge on any atom is -0.549 e. The van der Waals surface area contributed by atoms with Gasteiger partial charge in [0, 0.05) is 5.75 Å². The van der Waals surface area contributed by atoms with Crippen molar-refractivity contribution in [3.8, 4) is 0 Å². The van der Waals surface area contributed by atoms with Crippen LogP contribution in [0.3, 0.4) is 0 Å². The van der Waals surface area contributed by atoms with Crippen molar-refractivity contribution in [2.24, 2.45) is 0 Å². The van der Waals surface area contributed by atoms with Gasteiger partial charge in [-0.1, -0.05) is 11.8 Å². The van der Waals surface area contributed by atoms with Crippen molar-refractivity contribution in [1.82, 2.24) is 14.9 Å². The summed E-state index contributed by atoms with van der Waals surface area (Å²) in [5.41, 5.74) is 0. The second-order valence-corrected chi connectivity index (χ2v) is 2.62. The van der Waals surface area contributed by atoms with Crippen LogP contribution in [0.15, 0.2) is 11.5 Å². The molecular formula is C4H5N4O2S-. The highest BCUT2D eigenvalue weighted by Crippen LogP contribution is 2.10. The lowest BCUT2D eigenvalue weighted by molar-refractivity contribution is -0.301. The number of carboxylic acid groups (broad SMARTS) is 1. The van der Waals surface area contributed by atoms with Crippen LogP contribution in [0.2, 0.25) is 0 Å². The van der Waals surface area contributed by atoms with Gasteiger partial charge in [-0.2, -0.15) is 0 Å². The van der Waals surface area contributed by atoms with E-state index in [-0.39, 0.29) is 5.75 Å². The van der Waals surface area contributed by atoms with Crippen LogP contribution in [0.4, 0.5) is 0 Å². The molecule has 0 bridgehead atoms. The van der Waals surface area contributed by atoms with Crippen LogP contribution in [0.5, 0.6) is 0 Å². The van der Waals surface area contributed by atoms with Crippen LogP contribution in [0, 0.1) is 0 Å². The number of hydrogen-bond donors (Lipinski definition) is 1. The number of nitrogens with zero attached hydrogens (tertiary/aromatic N) is 3. The van der Waals surface area contributed by atoms with Gasteiger partial charge >= 0.3 is 0 Å². The third-order valence-electron chi connectivity index (χ3n) is 0.859. The normalized spacial score (nSPS) is 9.82. The molecule has 1 aromatic rings. The Kier molecular flexibility index (Phi) is 2.32. The van der Waals surface area contributed by atoms with Crippen LogP contribution >= 0.6 is 11.8 Å². The average Bonchev–Trinajstić information content (AvgIpc) is 2.31. The van der Waals surface area contributed by atoms with Crippen molar-refractivity contribution in [2.45, 2.75) is 5.16 Å². The smallest absolute Gasteiger partial charge is 0.209 e. The summed E-state index contributed by atoms with van der Waals surface area (Å²) in [6.45, 7) is 0. The fraction of sp³-hybridized carbons (Fsp3) is 0.250. The van der Waals surface area contributed by atoms with Crippen LogP contribution in [-0.4, -0.2) is 26.6 Å². The van der Waals surface area contributed by atoms with Gasteiger partial charge in [0.2, 0.25) is 5.16 Å². The van der Waals surface area contributed by atoms with Gasteiger partial charge in [-0.15, -0.1) is 10.2 Å². The van der Waals surface area contributed by atoms with Gasteiger partial charge in [0.1, 0.15) is 6.33 Å². The summed E-state index contributed by atoms with van der Waals surface area (Å²) in [7, 11) is 0. The molecule has 0 aliphatic carbocycles. The number of aliphatic carboxylic acids is 1. The fourth-order valence-electron chi connectivity index (χ4n) is 0.459. The molecule has 0 fully saturated rings. The fourth-order valence-corrected chi connectivity index (χ4v) is 1.01. The molecule has 11 heavy (non-hydrogen) atoms. The monoisotopic (exact) mass is 173 g/mol. The van der Waals surface area contributed by atoms with E-state index in [2.05, 4.69) is 10.2 Å². The Morgan fingerprint density at radius 3 is 3.09 bits per heavy atom. The van der Waals surface area contributed by atoms with E-state index < -0.39 is 5.97 Å². The minimum absolute atomic E-state index is 0.171. The molecule has 1 heterocycles. The molecule has 0 unspecified atom stereocenters. The number of nitrogens with two attached hydrogens (primary N) is 1. The van der Waals surface area contributed by atoms with Crippen LogP contribution < -0.4 is 10.9 Å². The lowest BCUT2D eigenvalue weighted by atomic mass is 10.8. The van der Waals surface area contributed by atoms with Crippen molar-refractivity contribution in [2.75, 3.05) is 11.6 Å². The molecule has 0 radical (unpaired) electrons. The Bertz CT molecular complexity index is 260. The predicted molar refractivity (Wildman–Crippen MR) is 35.9 cm³/mol. The standard InChI is InChI=1S/C4H6N4O2S/c5-8-2-6-7-4(8)11-1-3(9)10/h2H,1,5H2,(H,9,10)/p-1. The number of carbonyl (C=O) groups is 1. The van der Waals surface area contributed by atoms with Crippen molar-refractivity contribution < 1.29 is 9.90 Å². The number of carbonyl (C=O) groups excluding carboxylic acids is 1. The third-order valence-corrected chi connectivity index (χ3v) is 1.79. The van der Waals surface area contributed by atoms with Gasteiger partial charge in [0.15, 0.2) is 0 Å². The predicted octanol–water partition coefficient (Wildman–Crippen LogP) is -2.17. The maximum atomic E-state index is 9.98. The van der Waals surface area contributed by atoms with Crippen molar-refractivity contribution >= 4 is 17.7 Å². The molecule has 0 spiro atoms. The zero-order valence-electron chi connectivity index (χ0n) is 5.43. The lowest BCUT2D eigenvalue weighted by Crippen LogP contribution is -2.24. The van der Waals surface area contributed by atoms with E-state index in [1.54, 1.807) is 0 Å². The highest BCUT2D eigenvalue weighted by atomic mass is 32.2. The molecule has 60 valence electrons. The molecule has 0 aromatic carbocycles. The zero-order chi connectivity index (χ0) is 8.27.